The van der Waals surface area contributed by atoms with Gasteiger partial charge in [-0.2, -0.15) is 18.3 Å². The van der Waals surface area contributed by atoms with Crippen molar-refractivity contribution >= 4 is 34.5 Å². The molecule has 1 saturated heterocycles. The third-order valence-electron chi connectivity index (χ3n) is 6.77. The van der Waals surface area contributed by atoms with Gasteiger partial charge in [-0.1, -0.05) is 28.4 Å². The molecule has 0 saturated carbocycles. The van der Waals surface area contributed by atoms with Gasteiger partial charge in [0.25, 0.3) is 0 Å². The Balaban J connectivity index is 1.65. The average Bonchev–Trinajstić information content (AvgIpc) is 3.66. The van der Waals surface area contributed by atoms with E-state index >= 15 is 0 Å². The van der Waals surface area contributed by atoms with Crippen molar-refractivity contribution in [2.45, 2.75) is 56.6 Å². The molecule has 1 aliphatic rings. The normalized spacial score (nSPS) is 24.1. The lowest BCUT2D eigenvalue weighted by Crippen LogP contribution is -2.56. The summed E-state index contributed by atoms with van der Waals surface area (Å²) in [4.78, 5) is 4.23. The van der Waals surface area contributed by atoms with Crippen LogP contribution in [0.4, 0.5) is 13.2 Å². The number of thiazole rings is 1. The molecule has 220 valence electrons. The smallest absolute Gasteiger partial charge is 0.391 e. The van der Waals surface area contributed by atoms with Crippen LogP contribution < -0.4 is 0 Å². The van der Waals surface area contributed by atoms with E-state index in [1.165, 1.54) is 49.3 Å². The molecule has 1 N–H and O–H groups in total. The summed E-state index contributed by atoms with van der Waals surface area (Å²) in [7, 11) is 2.90. The van der Waals surface area contributed by atoms with Crippen molar-refractivity contribution < 1.29 is 32.5 Å². The Hall–Kier alpha value is -2.59. The summed E-state index contributed by atoms with van der Waals surface area (Å²) in [6.07, 6.45) is -7.73. The van der Waals surface area contributed by atoms with Crippen LogP contribution in [0.1, 0.15) is 36.0 Å². The Morgan fingerprint density at radius 2 is 1.88 bits per heavy atom. The van der Waals surface area contributed by atoms with E-state index in [1.807, 2.05) is 0 Å². The van der Waals surface area contributed by atoms with E-state index < -0.39 is 48.3 Å². The number of hydrogen-bond acceptors (Lipinski definition) is 9. The van der Waals surface area contributed by atoms with Gasteiger partial charge in [-0.15, -0.1) is 16.4 Å². The predicted octanol–water partition coefficient (Wildman–Crippen LogP) is 5.31. The minimum absolute atomic E-state index is 0.0940. The van der Waals surface area contributed by atoms with Gasteiger partial charge in [0.1, 0.15) is 46.3 Å². The molecular weight excluding hydrogens is 608 g/mol. The van der Waals surface area contributed by atoms with Crippen LogP contribution in [0.2, 0.25) is 10.2 Å². The standard InChI is InChI=1S/C25H25Cl2F3N6O4S/c1-11-7-17(36(33-11)16-8-13(26)5-6-14(16)25(28,29)30)21-23(39-4)19(22(38-3)20(40-21)12(2)37)35-9-15(32-34-35)24-31-18(27)10-41-24/h5-10,12,19-23,37H,1-4H3/t12?,19?,20?,21-,22+,23?/m0/s1. The third-order valence-corrected chi connectivity index (χ3v) is 8.20. The summed E-state index contributed by atoms with van der Waals surface area (Å²) in [6.45, 7) is 3.18. The lowest BCUT2D eigenvalue weighted by atomic mass is 9.88. The number of methoxy groups -OCH3 is 2. The van der Waals surface area contributed by atoms with Crippen LogP contribution in [-0.2, 0) is 20.4 Å². The molecular formula is C25H25Cl2F3N6O4S. The number of aromatic nitrogens is 6. The summed E-state index contributed by atoms with van der Waals surface area (Å²) in [5.41, 5.74) is -0.0989. The van der Waals surface area contributed by atoms with Gasteiger partial charge in [0, 0.05) is 24.6 Å². The van der Waals surface area contributed by atoms with Gasteiger partial charge in [-0.05, 0) is 38.1 Å². The first-order valence-electron chi connectivity index (χ1n) is 12.3. The first kappa shape index (κ1) is 29.9. The fraction of sp³-hybridized carbons (Fsp3) is 0.440. The van der Waals surface area contributed by atoms with Crippen molar-refractivity contribution in [2.24, 2.45) is 0 Å². The molecule has 1 fully saturated rings. The molecule has 4 heterocycles. The largest absolute Gasteiger partial charge is 0.418 e. The van der Waals surface area contributed by atoms with Gasteiger partial charge in [-0.3, -0.25) is 0 Å². The Bertz CT molecular complexity index is 1530. The van der Waals surface area contributed by atoms with Crippen molar-refractivity contribution in [3.8, 4) is 16.4 Å². The topological polar surface area (TPSA) is 109 Å². The van der Waals surface area contributed by atoms with E-state index in [1.54, 1.807) is 24.6 Å². The van der Waals surface area contributed by atoms with E-state index in [0.717, 1.165) is 10.7 Å². The highest BCUT2D eigenvalue weighted by atomic mass is 35.5. The molecule has 0 amide bonds. The third kappa shape index (κ3) is 5.74. The molecule has 0 radical (unpaired) electrons. The number of benzene rings is 1. The van der Waals surface area contributed by atoms with E-state index in [0.29, 0.717) is 21.5 Å². The predicted molar refractivity (Wildman–Crippen MR) is 144 cm³/mol. The Kier molecular flexibility index (Phi) is 8.45. The summed E-state index contributed by atoms with van der Waals surface area (Å²) < 4.78 is 62.9. The zero-order valence-electron chi connectivity index (χ0n) is 22.1. The number of ether oxygens (including phenoxy) is 3. The number of nitrogens with zero attached hydrogens (tertiary/aromatic N) is 6. The highest BCUT2D eigenvalue weighted by Gasteiger charge is 2.51. The highest BCUT2D eigenvalue weighted by Crippen LogP contribution is 2.44. The van der Waals surface area contributed by atoms with Gasteiger partial charge >= 0.3 is 6.18 Å². The Morgan fingerprint density at radius 1 is 1.15 bits per heavy atom. The molecule has 3 aromatic heterocycles. The number of aliphatic hydroxyl groups is 1. The van der Waals surface area contributed by atoms with Gasteiger partial charge in [0.05, 0.1) is 34.9 Å². The van der Waals surface area contributed by atoms with Crippen LogP contribution in [0.3, 0.4) is 0 Å². The maximum Gasteiger partial charge on any atom is 0.418 e. The first-order valence-corrected chi connectivity index (χ1v) is 13.9. The fourth-order valence-electron chi connectivity index (χ4n) is 5.08. The van der Waals surface area contributed by atoms with Gasteiger partial charge in [0.15, 0.2) is 0 Å². The van der Waals surface area contributed by atoms with E-state index in [9.17, 15) is 18.3 Å². The van der Waals surface area contributed by atoms with Crippen molar-refractivity contribution in [1.82, 2.24) is 29.8 Å². The van der Waals surface area contributed by atoms with Crippen molar-refractivity contribution in [3.05, 3.63) is 63.0 Å². The molecule has 1 aromatic carbocycles. The lowest BCUT2D eigenvalue weighted by molar-refractivity contribution is -0.235. The van der Waals surface area contributed by atoms with Crippen LogP contribution in [0.5, 0.6) is 0 Å². The number of halogens is 5. The highest BCUT2D eigenvalue weighted by molar-refractivity contribution is 7.13. The zero-order valence-corrected chi connectivity index (χ0v) is 24.4. The average molecular weight is 633 g/mol. The maximum absolute atomic E-state index is 14.1. The minimum Gasteiger partial charge on any atom is -0.391 e. The van der Waals surface area contributed by atoms with Crippen LogP contribution in [0.15, 0.2) is 35.8 Å². The fourth-order valence-corrected chi connectivity index (χ4v) is 6.14. The molecule has 0 spiro atoms. The van der Waals surface area contributed by atoms with Crippen molar-refractivity contribution in [2.75, 3.05) is 14.2 Å². The number of alkyl halides is 3. The molecule has 1 aliphatic heterocycles. The van der Waals surface area contributed by atoms with Crippen molar-refractivity contribution in [3.63, 3.8) is 0 Å². The lowest BCUT2D eigenvalue weighted by Gasteiger charge is -2.46. The molecule has 0 bridgehead atoms. The van der Waals surface area contributed by atoms with E-state index in [4.69, 9.17) is 37.4 Å². The van der Waals surface area contributed by atoms with Gasteiger partial charge in [-0.25, -0.2) is 14.3 Å². The number of aliphatic hydroxyl groups excluding tert-OH is 1. The van der Waals surface area contributed by atoms with Crippen LogP contribution in [0.25, 0.3) is 16.4 Å². The quantitative estimate of drug-likeness (QED) is 0.292. The number of aryl methyl sites for hydroxylation is 1. The summed E-state index contributed by atoms with van der Waals surface area (Å²) in [5, 5.41) is 26.2. The summed E-state index contributed by atoms with van der Waals surface area (Å²) in [5.74, 6) is 0. The Morgan fingerprint density at radius 3 is 2.49 bits per heavy atom. The van der Waals surface area contributed by atoms with Crippen LogP contribution in [0, 0.1) is 6.92 Å². The minimum atomic E-state index is -4.69. The van der Waals surface area contributed by atoms with E-state index in [-0.39, 0.29) is 16.4 Å². The Labute approximate surface area is 246 Å². The SMILES string of the molecule is COC1C(n2cc(-c3nc(Cl)cs3)nn2)[C@@H](OC)C(C(C)O)O[C@H]1c1cc(C)nn1-c1cc(Cl)ccc1C(F)(F)F. The second-order valence-electron chi connectivity index (χ2n) is 9.49. The first-order chi connectivity index (χ1) is 19.4. The molecule has 41 heavy (non-hydrogen) atoms. The maximum atomic E-state index is 14.1. The molecule has 4 aromatic rings. The van der Waals surface area contributed by atoms with Gasteiger partial charge in [0.2, 0.25) is 0 Å². The van der Waals surface area contributed by atoms with Crippen LogP contribution >= 0.6 is 34.5 Å². The van der Waals surface area contributed by atoms with E-state index in [2.05, 4.69) is 20.4 Å². The van der Waals surface area contributed by atoms with Gasteiger partial charge < -0.3 is 19.3 Å². The van der Waals surface area contributed by atoms with Crippen LogP contribution in [-0.4, -0.2) is 73.5 Å². The number of rotatable bonds is 7. The molecule has 5 rings (SSSR count). The summed E-state index contributed by atoms with van der Waals surface area (Å²) >= 11 is 13.4. The number of hydrogen-bond donors (Lipinski definition) is 1. The molecule has 10 nitrogen and oxygen atoms in total. The zero-order chi connectivity index (χ0) is 29.6. The molecule has 4 unspecified atom stereocenters. The summed E-state index contributed by atoms with van der Waals surface area (Å²) in [6, 6.07) is 4.11. The molecule has 6 atom stereocenters. The monoisotopic (exact) mass is 632 g/mol. The second-order valence-corrected chi connectivity index (χ2v) is 11.2. The second kappa shape index (κ2) is 11.6. The molecule has 0 aliphatic carbocycles. The molecule has 16 heteroatoms. The van der Waals surface area contributed by atoms with Crippen molar-refractivity contribution in [1.29, 1.82) is 0 Å².